The number of likely N-dealkylation sites (tertiary alicyclic amines) is 1. The average molecular weight is 916 g/mol. The zero-order valence-corrected chi connectivity index (χ0v) is 39.4. The van der Waals surface area contributed by atoms with E-state index < -0.39 is 5.60 Å². The molecule has 3 aliphatic rings. The van der Waals surface area contributed by atoms with Crippen LogP contribution in [0.1, 0.15) is 83.0 Å². The molecule has 2 aromatic rings. The van der Waals surface area contributed by atoms with Crippen molar-refractivity contribution < 1.29 is 57.0 Å². The van der Waals surface area contributed by atoms with Crippen molar-refractivity contribution in [2.75, 3.05) is 135 Å². The summed E-state index contributed by atoms with van der Waals surface area (Å²) in [4.78, 5) is 53.4. The lowest BCUT2D eigenvalue weighted by Gasteiger charge is -2.43. The molecule has 2 fully saturated rings. The predicted molar refractivity (Wildman–Crippen MR) is 245 cm³/mol. The van der Waals surface area contributed by atoms with Crippen molar-refractivity contribution in [2.45, 2.75) is 96.4 Å². The Hall–Kier alpha value is -4.37. The maximum Gasteiger partial charge on any atom is 0.410 e. The van der Waals surface area contributed by atoms with Gasteiger partial charge in [0, 0.05) is 38.3 Å². The summed E-state index contributed by atoms with van der Waals surface area (Å²) in [7, 11) is 3.32. The molecule has 1 saturated carbocycles. The molecular formula is C46H73N7O12. The van der Waals surface area contributed by atoms with Gasteiger partial charge in [-0.25, -0.2) is 9.78 Å². The van der Waals surface area contributed by atoms with Gasteiger partial charge in [-0.15, -0.1) is 0 Å². The number of amides is 3. The fourth-order valence-electron chi connectivity index (χ4n) is 7.85. The van der Waals surface area contributed by atoms with E-state index >= 15 is 0 Å². The monoisotopic (exact) mass is 916 g/mol. The Morgan fingerprint density at radius 1 is 0.800 bits per heavy atom. The zero-order chi connectivity index (χ0) is 46.4. The summed E-state index contributed by atoms with van der Waals surface area (Å²) in [5.74, 6) is 1.40. The van der Waals surface area contributed by atoms with Gasteiger partial charge in [0.15, 0.2) is 5.82 Å². The molecule has 19 nitrogen and oxygen atoms in total. The van der Waals surface area contributed by atoms with Crippen molar-refractivity contribution >= 4 is 41.0 Å². The molecule has 1 saturated heterocycles. The van der Waals surface area contributed by atoms with E-state index in [2.05, 4.69) is 20.5 Å². The van der Waals surface area contributed by atoms with Crippen molar-refractivity contribution in [2.24, 2.45) is 0 Å². The molecule has 0 spiro atoms. The zero-order valence-electron chi connectivity index (χ0n) is 39.4. The third-order valence-corrected chi connectivity index (χ3v) is 11.2. The highest BCUT2D eigenvalue weighted by Crippen LogP contribution is 2.40. The SMILES string of the molecule is CC[C@@H]1C(=O)N(C)c2cnc(Nc3ccc(C(=O)NCCOCCOCCOCCOCCOCCOCCOC4CCN(C(=O)OC(C)(C)C)CC4)cc3OC)nc2N1C1CCCC1. The number of nitrogens with one attached hydrogen (secondary N) is 2. The molecular weight excluding hydrogens is 843 g/mol. The molecule has 3 heterocycles. The Bertz CT molecular complexity index is 1750. The Balaban J connectivity index is 0.825. The van der Waals surface area contributed by atoms with E-state index in [4.69, 9.17) is 47.6 Å². The third-order valence-electron chi connectivity index (χ3n) is 11.2. The second-order valence-corrected chi connectivity index (χ2v) is 17.1. The van der Waals surface area contributed by atoms with Gasteiger partial charge in [0.25, 0.3) is 5.91 Å². The summed E-state index contributed by atoms with van der Waals surface area (Å²) in [6.45, 7) is 15.1. The van der Waals surface area contributed by atoms with Crippen LogP contribution in [0.4, 0.5) is 27.9 Å². The minimum absolute atomic E-state index is 0.0637. The summed E-state index contributed by atoms with van der Waals surface area (Å²) in [5.41, 5.74) is 1.25. The molecule has 1 aromatic heterocycles. The lowest BCUT2D eigenvalue weighted by Crippen LogP contribution is -2.55. The topological polar surface area (TPSA) is 194 Å². The molecule has 1 aliphatic carbocycles. The summed E-state index contributed by atoms with van der Waals surface area (Å²) < 4.78 is 50.4. The number of benzene rings is 1. The fraction of sp³-hybridized carbons (Fsp3) is 0.717. The number of piperidine rings is 1. The predicted octanol–water partition coefficient (Wildman–Crippen LogP) is 4.98. The van der Waals surface area contributed by atoms with Gasteiger partial charge < -0.3 is 68.0 Å². The molecule has 0 bridgehead atoms. The van der Waals surface area contributed by atoms with Crippen molar-refractivity contribution in [3.05, 3.63) is 30.0 Å². The molecule has 1 aromatic carbocycles. The highest BCUT2D eigenvalue weighted by Gasteiger charge is 2.41. The quantitative estimate of drug-likeness (QED) is 0.109. The van der Waals surface area contributed by atoms with Crippen LogP contribution < -0.4 is 25.2 Å². The van der Waals surface area contributed by atoms with E-state index in [9.17, 15) is 14.4 Å². The first kappa shape index (κ1) is 51.6. The number of aromatic nitrogens is 2. The van der Waals surface area contributed by atoms with Gasteiger partial charge in [-0.2, -0.15) is 4.98 Å². The number of likely N-dealkylation sites (N-methyl/N-ethyl adjacent to an activating group) is 1. The minimum Gasteiger partial charge on any atom is -0.495 e. The largest absolute Gasteiger partial charge is 0.495 e. The second-order valence-electron chi connectivity index (χ2n) is 17.1. The Kier molecular flexibility index (Phi) is 21.7. The number of hydrogen-bond donors (Lipinski definition) is 2. The van der Waals surface area contributed by atoms with Crippen LogP contribution in [-0.4, -0.2) is 176 Å². The molecule has 364 valence electrons. The highest BCUT2D eigenvalue weighted by atomic mass is 16.6. The van der Waals surface area contributed by atoms with Crippen LogP contribution in [0.2, 0.25) is 0 Å². The van der Waals surface area contributed by atoms with Crippen LogP contribution in [0.5, 0.6) is 5.75 Å². The van der Waals surface area contributed by atoms with Crippen LogP contribution in [0.15, 0.2) is 24.4 Å². The van der Waals surface area contributed by atoms with E-state index in [0.717, 1.165) is 44.3 Å². The number of ether oxygens (including phenoxy) is 9. The van der Waals surface area contributed by atoms with Crippen LogP contribution in [-0.2, 0) is 42.7 Å². The number of anilines is 4. The summed E-state index contributed by atoms with van der Waals surface area (Å²) in [6.07, 6.45) is 8.17. The van der Waals surface area contributed by atoms with E-state index in [1.807, 2.05) is 27.7 Å². The van der Waals surface area contributed by atoms with Gasteiger partial charge in [-0.3, -0.25) is 9.59 Å². The van der Waals surface area contributed by atoms with Crippen molar-refractivity contribution in [1.29, 1.82) is 0 Å². The number of methoxy groups -OCH3 is 1. The van der Waals surface area contributed by atoms with Gasteiger partial charge in [0.1, 0.15) is 23.1 Å². The van der Waals surface area contributed by atoms with E-state index in [0.29, 0.717) is 141 Å². The smallest absolute Gasteiger partial charge is 0.410 e. The molecule has 0 radical (unpaired) electrons. The van der Waals surface area contributed by atoms with Crippen LogP contribution in [0.3, 0.4) is 0 Å². The molecule has 0 unspecified atom stereocenters. The van der Waals surface area contributed by atoms with E-state index in [-0.39, 0.29) is 36.1 Å². The summed E-state index contributed by atoms with van der Waals surface area (Å²) in [6, 6.07) is 5.14. The van der Waals surface area contributed by atoms with Gasteiger partial charge in [-0.1, -0.05) is 19.8 Å². The van der Waals surface area contributed by atoms with Gasteiger partial charge in [-0.05, 0) is 71.1 Å². The molecule has 5 rings (SSSR count). The number of carbonyl (C=O) groups is 3. The first-order valence-corrected chi connectivity index (χ1v) is 23.2. The molecule has 2 aliphatic heterocycles. The maximum atomic E-state index is 13.2. The maximum absolute atomic E-state index is 13.2. The van der Waals surface area contributed by atoms with E-state index in [1.165, 1.54) is 0 Å². The molecule has 65 heavy (non-hydrogen) atoms. The first-order chi connectivity index (χ1) is 31.5. The first-order valence-electron chi connectivity index (χ1n) is 23.2. The second kappa shape index (κ2) is 27.3. The fourth-order valence-corrected chi connectivity index (χ4v) is 7.85. The standard InChI is InChI=1S/C46H73N7O12/c1-7-38-43(55)51(5)39-33-48-44(50-41(39)53(38)35-10-8-9-11-35)49-37-13-12-34(32-40(37)57-6)42(54)47-16-19-58-20-21-59-22-23-60-24-25-61-26-27-62-28-29-63-30-31-64-36-14-17-52(18-15-36)45(56)65-46(2,3)4/h12-13,32-33,35-36,38H,7-11,14-31H2,1-6H3,(H,47,54)(H,48,49,50)/t38-/m1/s1. The molecule has 3 amide bonds. The lowest BCUT2D eigenvalue weighted by atomic mass is 10.0. The van der Waals surface area contributed by atoms with Crippen molar-refractivity contribution in [3.63, 3.8) is 0 Å². The number of nitrogens with zero attached hydrogens (tertiary/aromatic N) is 5. The van der Waals surface area contributed by atoms with Crippen LogP contribution in [0.25, 0.3) is 0 Å². The normalized spacial score (nSPS) is 17.1. The third kappa shape index (κ3) is 16.8. The minimum atomic E-state index is -0.489. The van der Waals surface area contributed by atoms with Crippen molar-refractivity contribution in [1.82, 2.24) is 20.2 Å². The number of rotatable bonds is 28. The number of fused-ring (bicyclic) bond motifs is 1. The van der Waals surface area contributed by atoms with E-state index in [1.54, 1.807) is 48.4 Å². The van der Waals surface area contributed by atoms with Crippen LogP contribution >= 0.6 is 0 Å². The Morgan fingerprint density at radius 3 is 1.92 bits per heavy atom. The lowest BCUT2D eigenvalue weighted by molar-refractivity contribution is -0.120. The van der Waals surface area contributed by atoms with Gasteiger partial charge in [0.2, 0.25) is 11.9 Å². The van der Waals surface area contributed by atoms with Crippen molar-refractivity contribution in [3.8, 4) is 5.75 Å². The number of hydrogen-bond acceptors (Lipinski definition) is 16. The molecule has 1 atom stereocenters. The summed E-state index contributed by atoms with van der Waals surface area (Å²) in [5, 5.41) is 6.13. The van der Waals surface area contributed by atoms with Gasteiger partial charge in [0.05, 0.1) is 111 Å². The Morgan fingerprint density at radius 2 is 1.37 bits per heavy atom. The highest BCUT2D eigenvalue weighted by molar-refractivity contribution is 6.04. The summed E-state index contributed by atoms with van der Waals surface area (Å²) >= 11 is 0. The number of carbonyl (C=O) groups excluding carboxylic acids is 3. The Labute approximate surface area is 384 Å². The molecule has 2 N–H and O–H groups in total. The average Bonchev–Trinajstić information content (AvgIpc) is 3.83. The molecule has 19 heteroatoms. The van der Waals surface area contributed by atoms with Gasteiger partial charge >= 0.3 is 6.09 Å². The van der Waals surface area contributed by atoms with Crippen LogP contribution in [0, 0.1) is 0 Å².